The van der Waals surface area contributed by atoms with Gasteiger partial charge in [0.25, 0.3) is 0 Å². The zero-order valence-corrected chi connectivity index (χ0v) is 13.5. The minimum absolute atomic E-state index is 0.0128. The Hall–Kier alpha value is -1.07. The van der Waals surface area contributed by atoms with Gasteiger partial charge in [-0.15, -0.1) is 11.8 Å². The summed E-state index contributed by atoms with van der Waals surface area (Å²) >= 11 is 6.58. The molecule has 0 aromatic heterocycles. The normalized spacial score (nSPS) is 17.1. The second kappa shape index (κ2) is 6.59. The Balaban J connectivity index is 2.04. The van der Waals surface area contributed by atoms with Crippen molar-refractivity contribution in [2.24, 2.45) is 5.73 Å². The van der Waals surface area contributed by atoms with Gasteiger partial charge in [0.2, 0.25) is 5.91 Å². The van der Waals surface area contributed by atoms with Crippen molar-refractivity contribution >= 4 is 34.9 Å². The number of hydrogen-bond acceptors (Lipinski definition) is 3. The Morgan fingerprint density at radius 1 is 1.50 bits per heavy atom. The molecule has 20 heavy (non-hydrogen) atoms. The number of amides is 1. The van der Waals surface area contributed by atoms with Crippen molar-refractivity contribution in [3.63, 3.8) is 0 Å². The lowest BCUT2D eigenvalue weighted by Gasteiger charge is -2.29. The van der Waals surface area contributed by atoms with Gasteiger partial charge in [0.15, 0.2) is 0 Å². The van der Waals surface area contributed by atoms with Gasteiger partial charge in [-0.25, -0.2) is 0 Å². The summed E-state index contributed by atoms with van der Waals surface area (Å²) in [5, 5.41) is -0.0128. The minimum Gasteiger partial charge on any atom is -0.393 e. The molecule has 0 saturated heterocycles. The zero-order valence-electron chi connectivity index (χ0n) is 11.8. The van der Waals surface area contributed by atoms with E-state index >= 15 is 0 Å². The van der Waals surface area contributed by atoms with Crippen molar-refractivity contribution in [2.75, 3.05) is 6.54 Å². The van der Waals surface area contributed by atoms with E-state index in [1.54, 1.807) is 11.8 Å². The molecule has 1 amide bonds. The van der Waals surface area contributed by atoms with Crippen LogP contribution in [0.15, 0.2) is 29.2 Å². The maximum atomic E-state index is 12.7. The summed E-state index contributed by atoms with van der Waals surface area (Å²) in [6.45, 7) is 4.67. The highest BCUT2D eigenvalue weighted by molar-refractivity contribution is 8.01. The second-order valence-electron chi connectivity index (χ2n) is 5.26. The number of thioether (sulfide) groups is 1. The maximum Gasteiger partial charge on any atom is 0.236 e. The third-order valence-electron chi connectivity index (χ3n) is 3.43. The second-order valence-corrected chi connectivity index (χ2v) is 7.03. The lowest BCUT2D eigenvalue weighted by Crippen LogP contribution is -2.43. The smallest absolute Gasteiger partial charge is 0.236 e. The van der Waals surface area contributed by atoms with Crippen LogP contribution in [0.5, 0.6) is 0 Å². The predicted molar refractivity (Wildman–Crippen MR) is 88.0 cm³/mol. The average molecular weight is 308 g/mol. The predicted octanol–water partition coefficient (Wildman–Crippen LogP) is 2.62. The largest absolute Gasteiger partial charge is 0.393 e. The fourth-order valence-corrected chi connectivity index (χ4v) is 3.72. The summed E-state index contributed by atoms with van der Waals surface area (Å²) in [6, 6.07) is 8.40. The molecule has 1 heterocycles. The van der Waals surface area contributed by atoms with Gasteiger partial charge in [-0.3, -0.25) is 4.79 Å². The standard InChI is InChI=1S/C15H20N2OS2/c1-10(2)17(8-7-14(16)19)15(18)13-9-11-5-3-4-6-12(11)20-13/h3-6,10,13H,7-9H2,1-2H3,(H2,16,19). The first-order chi connectivity index (χ1) is 9.49. The van der Waals surface area contributed by atoms with Gasteiger partial charge in [0.05, 0.1) is 10.2 Å². The summed E-state index contributed by atoms with van der Waals surface area (Å²) in [6.07, 6.45) is 1.40. The van der Waals surface area contributed by atoms with Crippen LogP contribution < -0.4 is 5.73 Å². The molecule has 0 aliphatic carbocycles. The monoisotopic (exact) mass is 308 g/mol. The van der Waals surface area contributed by atoms with Gasteiger partial charge < -0.3 is 10.6 Å². The molecular formula is C15H20N2OS2. The third kappa shape index (κ3) is 3.52. The summed E-state index contributed by atoms with van der Waals surface area (Å²) < 4.78 is 0. The maximum absolute atomic E-state index is 12.7. The zero-order chi connectivity index (χ0) is 14.7. The van der Waals surface area contributed by atoms with E-state index in [-0.39, 0.29) is 17.2 Å². The molecule has 1 aromatic carbocycles. The van der Waals surface area contributed by atoms with Crippen LogP contribution in [0.2, 0.25) is 0 Å². The van der Waals surface area contributed by atoms with Gasteiger partial charge in [-0.2, -0.15) is 0 Å². The first-order valence-electron chi connectivity index (χ1n) is 6.82. The van der Waals surface area contributed by atoms with Crippen molar-refractivity contribution in [1.29, 1.82) is 0 Å². The molecule has 1 aliphatic rings. The van der Waals surface area contributed by atoms with Gasteiger partial charge in [0.1, 0.15) is 0 Å². The molecule has 1 unspecified atom stereocenters. The molecule has 2 rings (SSSR count). The van der Waals surface area contributed by atoms with Crippen molar-refractivity contribution in [1.82, 2.24) is 4.90 Å². The van der Waals surface area contributed by atoms with Crippen molar-refractivity contribution in [3.8, 4) is 0 Å². The average Bonchev–Trinajstić information content (AvgIpc) is 2.81. The summed E-state index contributed by atoms with van der Waals surface area (Å²) in [5.41, 5.74) is 6.82. The van der Waals surface area contributed by atoms with Crippen molar-refractivity contribution in [3.05, 3.63) is 29.8 Å². The number of carbonyl (C=O) groups is 1. The van der Waals surface area contributed by atoms with Crippen LogP contribution in [-0.2, 0) is 11.2 Å². The number of thiocarbonyl (C=S) groups is 1. The molecule has 108 valence electrons. The molecule has 0 radical (unpaired) electrons. The van der Waals surface area contributed by atoms with Crippen LogP contribution in [-0.4, -0.2) is 33.6 Å². The Morgan fingerprint density at radius 3 is 2.80 bits per heavy atom. The number of carbonyl (C=O) groups excluding carboxylic acids is 1. The highest BCUT2D eigenvalue weighted by Gasteiger charge is 2.32. The van der Waals surface area contributed by atoms with E-state index < -0.39 is 0 Å². The van der Waals surface area contributed by atoms with Crippen LogP contribution >= 0.6 is 24.0 Å². The molecule has 3 nitrogen and oxygen atoms in total. The first-order valence-corrected chi connectivity index (χ1v) is 8.11. The SMILES string of the molecule is CC(C)N(CCC(N)=S)C(=O)C1Cc2ccccc2S1. The first kappa shape index (κ1) is 15.3. The molecular weight excluding hydrogens is 288 g/mol. The number of rotatable bonds is 5. The molecule has 2 N–H and O–H groups in total. The Morgan fingerprint density at radius 2 is 2.20 bits per heavy atom. The summed E-state index contributed by atoms with van der Waals surface area (Å²) in [7, 11) is 0. The topological polar surface area (TPSA) is 46.3 Å². The minimum atomic E-state index is -0.0128. The Bertz CT molecular complexity index is 491. The van der Waals surface area contributed by atoms with E-state index in [9.17, 15) is 4.79 Å². The molecule has 0 fully saturated rings. The van der Waals surface area contributed by atoms with E-state index in [0.29, 0.717) is 18.0 Å². The molecule has 1 atom stereocenters. The number of fused-ring (bicyclic) bond motifs is 1. The molecule has 1 aromatic rings. The van der Waals surface area contributed by atoms with Crippen LogP contribution in [0.3, 0.4) is 0 Å². The summed E-state index contributed by atoms with van der Waals surface area (Å²) in [4.78, 5) is 16.3. The quantitative estimate of drug-likeness (QED) is 0.849. The van der Waals surface area contributed by atoms with Gasteiger partial charge in [-0.05, 0) is 31.9 Å². The van der Waals surface area contributed by atoms with Crippen LogP contribution in [0.4, 0.5) is 0 Å². The van der Waals surface area contributed by atoms with Crippen molar-refractivity contribution < 1.29 is 4.79 Å². The van der Waals surface area contributed by atoms with E-state index in [4.69, 9.17) is 18.0 Å². The highest BCUT2D eigenvalue weighted by atomic mass is 32.2. The lowest BCUT2D eigenvalue weighted by atomic mass is 10.1. The van der Waals surface area contributed by atoms with E-state index in [1.807, 2.05) is 30.9 Å². The molecule has 5 heteroatoms. The van der Waals surface area contributed by atoms with E-state index in [1.165, 1.54) is 10.5 Å². The van der Waals surface area contributed by atoms with Crippen molar-refractivity contribution in [2.45, 2.75) is 42.9 Å². The number of benzene rings is 1. The molecule has 0 bridgehead atoms. The molecule has 0 spiro atoms. The Labute approximate surface area is 129 Å². The van der Waals surface area contributed by atoms with Gasteiger partial charge in [-0.1, -0.05) is 30.4 Å². The van der Waals surface area contributed by atoms with Crippen LogP contribution in [0.25, 0.3) is 0 Å². The van der Waals surface area contributed by atoms with Crippen LogP contribution in [0, 0.1) is 0 Å². The van der Waals surface area contributed by atoms with Gasteiger partial charge >= 0.3 is 0 Å². The van der Waals surface area contributed by atoms with E-state index in [2.05, 4.69) is 12.1 Å². The van der Waals surface area contributed by atoms with Gasteiger partial charge in [0, 0.05) is 23.9 Å². The lowest BCUT2D eigenvalue weighted by molar-refractivity contribution is -0.132. The molecule has 0 saturated carbocycles. The number of nitrogens with two attached hydrogens (primary N) is 1. The molecule has 1 aliphatic heterocycles. The number of hydrogen-bond donors (Lipinski definition) is 1. The fraction of sp³-hybridized carbons (Fsp3) is 0.467. The third-order valence-corrected chi connectivity index (χ3v) is 4.94. The van der Waals surface area contributed by atoms with E-state index in [0.717, 1.165) is 6.42 Å². The van der Waals surface area contributed by atoms with Crippen LogP contribution in [0.1, 0.15) is 25.8 Å². The Kier molecular flexibility index (Phi) is 5.05. The number of nitrogens with zero attached hydrogens (tertiary/aromatic N) is 1. The fourth-order valence-electron chi connectivity index (χ4n) is 2.36. The highest BCUT2D eigenvalue weighted by Crippen LogP contribution is 2.37. The summed E-state index contributed by atoms with van der Waals surface area (Å²) in [5.74, 6) is 0.192.